The summed E-state index contributed by atoms with van der Waals surface area (Å²) in [4.78, 5) is 26.7. The number of likely N-dealkylation sites (N-methyl/N-ethyl adjacent to an activating group) is 1. The molecule has 1 aromatic rings. The number of hydrogen-bond acceptors (Lipinski definition) is 3. The number of carbonyl (C=O) groups excluding carboxylic acids is 1. The van der Waals surface area contributed by atoms with Crippen molar-refractivity contribution in [2.24, 2.45) is 0 Å². The van der Waals surface area contributed by atoms with Gasteiger partial charge < -0.3 is 15.3 Å². The molecule has 0 aromatic heterocycles. The first-order valence-corrected chi connectivity index (χ1v) is 9.01. The van der Waals surface area contributed by atoms with E-state index < -0.39 is 5.97 Å². The molecule has 138 valence electrons. The van der Waals surface area contributed by atoms with Crippen LogP contribution in [-0.4, -0.2) is 65.7 Å². The van der Waals surface area contributed by atoms with Gasteiger partial charge in [0.25, 0.3) is 0 Å². The van der Waals surface area contributed by atoms with E-state index in [1.54, 1.807) is 4.90 Å². The highest BCUT2D eigenvalue weighted by molar-refractivity contribution is 5.74. The van der Waals surface area contributed by atoms with Crippen molar-refractivity contribution in [3.63, 3.8) is 0 Å². The Morgan fingerprint density at radius 3 is 2.52 bits per heavy atom. The molecule has 25 heavy (non-hydrogen) atoms. The van der Waals surface area contributed by atoms with Crippen molar-refractivity contribution in [2.45, 2.75) is 44.7 Å². The molecule has 6 nitrogen and oxygen atoms in total. The van der Waals surface area contributed by atoms with Gasteiger partial charge in [0.15, 0.2) is 0 Å². The molecule has 0 aliphatic heterocycles. The van der Waals surface area contributed by atoms with Gasteiger partial charge in [-0.2, -0.15) is 0 Å². The van der Waals surface area contributed by atoms with E-state index in [4.69, 9.17) is 5.11 Å². The Bertz CT molecular complexity index is 558. The third kappa shape index (κ3) is 6.05. The molecule has 0 saturated heterocycles. The smallest absolute Gasteiger partial charge is 0.317 e. The predicted molar refractivity (Wildman–Crippen MR) is 97.6 cm³/mol. The van der Waals surface area contributed by atoms with Gasteiger partial charge in [-0.1, -0.05) is 37.3 Å². The monoisotopic (exact) mass is 347 g/mol. The van der Waals surface area contributed by atoms with Gasteiger partial charge in [-0.15, -0.1) is 0 Å². The molecule has 0 heterocycles. The molecule has 1 aromatic carbocycles. The number of urea groups is 1. The van der Waals surface area contributed by atoms with Crippen LogP contribution in [0.25, 0.3) is 0 Å². The van der Waals surface area contributed by atoms with Crippen LogP contribution in [0.3, 0.4) is 0 Å². The van der Waals surface area contributed by atoms with Crippen LogP contribution >= 0.6 is 0 Å². The highest BCUT2D eigenvalue weighted by Gasteiger charge is 2.35. The van der Waals surface area contributed by atoms with Gasteiger partial charge in [-0.3, -0.25) is 9.69 Å². The third-order valence-corrected chi connectivity index (χ3v) is 4.85. The van der Waals surface area contributed by atoms with Crippen molar-refractivity contribution in [3.8, 4) is 0 Å². The van der Waals surface area contributed by atoms with Gasteiger partial charge in [-0.05, 0) is 37.8 Å². The first-order valence-electron chi connectivity index (χ1n) is 9.01. The lowest BCUT2D eigenvalue weighted by atomic mass is 9.85. The Kier molecular flexibility index (Phi) is 7.25. The Hall–Kier alpha value is -2.08. The minimum absolute atomic E-state index is 0.0437. The number of aliphatic carboxylic acids is 1. The lowest BCUT2D eigenvalue weighted by Crippen LogP contribution is -2.56. The zero-order valence-electron chi connectivity index (χ0n) is 15.1. The molecule has 0 radical (unpaired) electrons. The second kappa shape index (κ2) is 9.42. The van der Waals surface area contributed by atoms with E-state index in [1.165, 1.54) is 5.56 Å². The summed E-state index contributed by atoms with van der Waals surface area (Å²) in [5.74, 6) is -0.799. The fraction of sp³-hybridized carbons (Fsp3) is 0.579. The quantitative estimate of drug-likeness (QED) is 0.718. The van der Waals surface area contributed by atoms with Crippen LogP contribution < -0.4 is 5.32 Å². The molecule has 0 unspecified atom stereocenters. The molecule has 1 aliphatic rings. The largest absolute Gasteiger partial charge is 0.480 e. The normalized spacial score (nSPS) is 19.3. The Balaban J connectivity index is 1.64. The second-order valence-electron chi connectivity index (χ2n) is 6.74. The van der Waals surface area contributed by atoms with Crippen LogP contribution in [0.5, 0.6) is 0 Å². The minimum atomic E-state index is -0.799. The number of carboxylic acids is 1. The van der Waals surface area contributed by atoms with Gasteiger partial charge in [0, 0.05) is 25.7 Å². The van der Waals surface area contributed by atoms with Crippen LogP contribution in [0.4, 0.5) is 4.79 Å². The number of benzene rings is 1. The van der Waals surface area contributed by atoms with E-state index >= 15 is 0 Å². The van der Waals surface area contributed by atoms with Gasteiger partial charge in [0.05, 0.1) is 6.54 Å². The van der Waals surface area contributed by atoms with E-state index in [9.17, 15) is 9.59 Å². The van der Waals surface area contributed by atoms with Crippen LogP contribution in [-0.2, 0) is 11.2 Å². The minimum Gasteiger partial charge on any atom is -0.480 e. The standard InChI is InChI=1S/C19H29N3O3/c1-3-22(14-18(23)24)17-12-16(13-17)20-19(25)21(2)11-7-10-15-8-5-4-6-9-15/h4-6,8-9,16-17H,3,7,10-14H2,1-2H3,(H,20,25)(H,23,24). The average Bonchev–Trinajstić information content (AvgIpc) is 2.56. The lowest BCUT2D eigenvalue weighted by molar-refractivity contribution is -0.139. The molecule has 0 atom stereocenters. The van der Waals surface area contributed by atoms with Gasteiger partial charge in [0.1, 0.15) is 0 Å². The number of aryl methyl sites for hydroxylation is 1. The Morgan fingerprint density at radius 2 is 1.92 bits per heavy atom. The Labute approximate surface area is 149 Å². The molecule has 0 spiro atoms. The summed E-state index contributed by atoms with van der Waals surface area (Å²) >= 11 is 0. The van der Waals surface area contributed by atoms with E-state index in [0.29, 0.717) is 0 Å². The van der Waals surface area contributed by atoms with E-state index in [0.717, 1.165) is 38.8 Å². The van der Waals surface area contributed by atoms with Crippen molar-refractivity contribution in [2.75, 3.05) is 26.7 Å². The summed E-state index contributed by atoms with van der Waals surface area (Å²) in [6.45, 7) is 3.48. The molecular formula is C19H29N3O3. The highest BCUT2D eigenvalue weighted by atomic mass is 16.4. The number of rotatable bonds is 9. The summed E-state index contributed by atoms with van der Waals surface area (Å²) in [7, 11) is 1.82. The molecule has 1 aliphatic carbocycles. The molecule has 2 N–H and O–H groups in total. The summed E-state index contributed by atoms with van der Waals surface area (Å²) in [5.41, 5.74) is 1.29. The number of nitrogens with one attached hydrogen (secondary N) is 1. The zero-order valence-corrected chi connectivity index (χ0v) is 15.1. The summed E-state index contributed by atoms with van der Waals surface area (Å²) < 4.78 is 0. The molecule has 2 rings (SSSR count). The molecule has 0 bridgehead atoms. The van der Waals surface area contributed by atoms with Gasteiger partial charge in [0.2, 0.25) is 0 Å². The number of amides is 2. The third-order valence-electron chi connectivity index (χ3n) is 4.85. The number of nitrogens with zero attached hydrogens (tertiary/aromatic N) is 2. The summed E-state index contributed by atoms with van der Waals surface area (Å²) in [6.07, 6.45) is 3.55. The summed E-state index contributed by atoms with van der Waals surface area (Å²) in [5, 5.41) is 12.0. The van der Waals surface area contributed by atoms with Crippen LogP contribution in [0.1, 0.15) is 31.7 Å². The maximum absolute atomic E-state index is 12.2. The number of carbonyl (C=O) groups is 2. The fourth-order valence-corrected chi connectivity index (χ4v) is 3.23. The van der Waals surface area contributed by atoms with Crippen molar-refractivity contribution in [1.29, 1.82) is 0 Å². The SMILES string of the molecule is CCN(CC(=O)O)C1CC(NC(=O)N(C)CCCc2ccccc2)C1. The second-order valence-corrected chi connectivity index (χ2v) is 6.74. The van der Waals surface area contributed by atoms with Crippen molar-refractivity contribution >= 4 is 12.0 Å². The molecular weight excluding hydrogens is 318 g/mol. The maximum atomic E-state index is 12.2. The first-order chi connectivity index (χ1) is 12.0. The molecule has 6 heteroatoms. The van der Waals surface area contributed by atoms with Crippen molar-refractivity contribution in [3.05, 3.63) is 35.9 Å². The van der Waals surface area contributed by atoms with Gasteiger partial charge in [-0.25, -0.2) is 4.79 Å². The average molecular weight is 347 g/mol. The lowest BCUT2D eigenvalue weighted by Gasteiger charge is -2.42. The van der Waals surface area contributed by atoms with Crippen LogP contribution in [0, 0.1) is 0 Å². The zero-order chi connectivity index (χ0) is 18.2. The fourth-order valence-electron chi connectivity index (χ4n) is 3.23. The van der Waals surface area contributed by atoms with Gasteiger partial charge >= 0.3 is 12.0 Å². The predicted octanol–water partition coefficient (Wildman–Crippen LogP) is 2.20. The Morgan fingerprint density at radius 1 is 1.24 bits per heavy atom. The summed E-state index contributed by atoms with van der Waals surface area (Å²) in [6, 6.07) is 10.6. The van der Waals surface area contributed by atoms with E-state index in [-0.39, 0.29) is 24.7 Å². The van der Waals surface area contributed by atoms with Crippen LogP contribution in [0.15, 0.2) is 30.3 Å². The number of carboxylic acid groups (broad SMARTS) is 1. The topological polar surface area (TPSA) is 72.9 Å². The first kappa shape index (κ1) is 19.2. The van der Waals surface area contributed by atoms with Crippen molar-refractivity contribution < 1.29 is 14.7 Å². The number of hydrogen-bond donors (Lipinski definition) is 2. The van der Waals surface area contributed by atoms with E-state index in [2.05, 4.69) is 17.4 Å². The molecule has 2 amide bonds. The highest BCUT2D eigenvalue weighted by Crippen LogP contribution is 2.25. The van der Waals surface area contributed by atoms with Crippen molar-refractivity contribution in [1.82, 2.24) is 15.1 Å². The van der Waals surface area contributed by atoms with E-state index in [1.807, 2.05) is 37.1 Å². The maximum Gasteiger partial charge on any atom is 0.317 e. The van der Waals surface area contributed by atoms with Crippen LogP contribution in [0.2, 0.25) is 0 Å². The molecule has 1 saturated carbocycles. The molecule has 1 fully saturated rings.